The van der Waals surface area contributed by atoms with Crippen molar-refractivity contribution in [2.45, 2.75) is 0 Å². The van der Waals surface area contributed by atoms with Gasteiger partial charge >= 0.3 is 0 Å². The molecule has 0 bridgehead atoms. The highest BCUT2D eigenvalue weighted by atomic mass is 35.5. The summed E-state index contributed by atoms with van der Waals surface area (Å²) >= 11 is 5.81. The summed E-state index contributed by atoms with van der Waals surface area (Å²) in [6.45, 7) is 0. The fourth-order valence-corrected chi connectivity index (χ4v) is 1.33. The highest BCUT2D eigenvalue weighted by Gasteiger charge is 2.07. The van der Waals surface area contributed by atoms with Crippen LogP contribution >= 0.6 is 11.6 Å². The fourth-order valence-electron chi connectivity index (χ4n) is 1.09. The van der Waals surface area contributed by atoms with Crippen molar-refractivity contribution in [1.29, 1.82) is 0 Å². The Kier molecular flexibility index (Phi) is 2.01. The molecule has 1 aromatic carbocycles. The maximum atomic E-state index is 5.81. The first-order valence-corrected chi connectivity index (χ1v) is 4.18. The largest absolute Gasteiger partial charge is 0.399 e. The molecule has 4 N–H and O–H groups in total. The Labute approximate surface area is 84.7 Å². The molecule has 1 aromatic heterocycles. The van der Waals surface area contributed by atoms with Crippen molar-refractivity contribution in [3.05, 3.63) is 23.2 Å². The molecule has 0 aliphatic carbocycles. The average Bonchev–Trinajstić information content (AvgIpc) is 2.50. The summed E-state index contributed by atoms with van der Waals surface area (Å²) in [6, 6.07) is 4.98. The number of rotatable bonds is 1. The van der Waals surface area contributed by atoms with Crippen LogP contribution in [0.5, 0.6) is 0 Å². The van der Waals surface area contributed by atoms with Crippen molar-refractivity contribution < 1.29 is 4.52 Å². The van der Waals surface area contributed by atoms with Crippen LogP contribution in [0.3, 0.4) is 0 Å². The summed E-state index contributed by atoms with van der Waals surface area (Å²) in [5, 5.41) is 3.97. The summed E-state index contributed by atoms with van der Waals surface area (Å²) in [7, 11) is 0. The van der Waals surface area contributed by atoms with Crippen LogP contribution in [0.15, 0.2) is 22.7 Å². The number of aromatic nitrogens is 2. The minimum Gasteiger partial charge on any atom is -0.399 e. The maximum Gasteiger partial charge on any atom is 0.261 e. The molecule has 0 aliphatic rings. The van der Waals surface area contributed by atoms with Crippen LogP contribution in [0.4, 0.5) is 11.6 Å². The Morgan fingerprint density at radius 2 is 2.00 bits per heavy atom. The van der Waals surface area contributed by atoms with Crippen molar-refractivity contribution in [2.75, 3.05) is 11.5 Å². The van der Waals surface area contributed by atoms with Crippen molar-refractivity contribution in [3.63, 3.8) is 0 Å². The monoisotopic (exact) mass is 210 g/mol. The zero-order valence-corrected chi connectivity index (χ0v) is 7.82. The van der Waals surface area contributed by atoms with Crippen LogP contribution in [0.25, 0.3) is 11.5 Å². The molecule has 2 rings (SSSR count). The van der Waals surface area contributed by atoms with Gasteiger partial charge in [0.2, 0.25) is 0 Å². The summed E-state index contributed by atoms with van der Waals surface area (Å²) in [4.78, 5) is 3.85. The third-order valence-corrected chi connectivity index (χ3v) is 1.83. The van der Waals surface area contributed by atoms with Crippen LogP contribution in [0, 0.1) is 0 Å². The molecule has 14 heavy (non-hydrogen) atoms. The second-order valence-electron chi connectivity index (χ2n) is 2.73. The molecule has 0 fully saturated rings. The lowest BCUT2D eigenvalue weighted by Crippen LogP contribution is -1.88. The molecule has 0 atom stereocenters. The summed E-state index contributed by atoms with van der Waals surface area (Å²) < 4.78 is 4.86. The summed E-state index contributed by atoms with van der Waals surface area (Å²) in [5.41, 5.74) is 12.1. The van der Waals surface area contributed by atoms with Gasteiger partial charge in [0.15, 0.2) is 0 Å². The molecule has 72 valence electrons. The van der Waals surface area contributed by atoms with Crippen molar-refractivity contribution in [1.82, 2.24) is 10.1 Å². The van der Waals surface area contributed by atoms with Gasteiger partial charge in [0, 0.05) is 16.3 Å². The van der Waals surface area contributed by atoms with Crippen molar-refractivity contribution >= 4 is 23.2 Å². The predicted molar refractivity (Wildman–Crippen MR) is 53.6 cm³/mol. The number of anilines is 2. The van der Waals surface area contributed by atoms with E-state index in [4.69, 9.17) is 27.6 Å². The van der Waals surface area contributed by atoms with E-state index >= 15 is 0 Å². The van der Waals surface area contributed by atoms with Gasteiger partial charge < -0.3 is 16.0 Å². The van der Waals surface area contributed by atoms with Gasteiger partial charge in [-0.25, -0.2) is 0 Å². The van der Waals surface area contributed by atoms with E-state index in [0.29, 0.717) is 22.2 Å². The average molecular weight is 211 g/mol. The number of hydrogen-bond acceptors (Lipinski definition) is 5. The second kappa shape index (κ2) is 3.19. The smallest absolute Gasteiger partial charge is 0.261 e. The van der Waals surface area contributed by atoms with Crippen molar-refractivity contribution in [2.24, 2.45) is 0 Å². The number of nitrogens with zero attached hydrogens (tertiary/aromatic N) is 2. The molecule has 2 aromatic rings. The van der Waals surface area contributed by atoms with Gasteiger partial charge in [0.05, 0.1) is 0 Å². The molecule has 0 saturated carbocycles. The molecule has 5 nitrogen and oxygen atoms in total. The van der Waals surface area contributed by atoms with Crippen LogP contribution in [-0.4, -0.2) is 10.1 Å². The molecule has 0 radical (unpaired) electrons. The lowest BCUT2D eigenvalue weighted by molar-refractivity contribution is 0.433. The molecule has 6 heteroatoms. The minimum atomic E-state index is 0.0820. The maximum absolute atomic E-state index is 5.81. The van der Waals surface area contributed by atoms with Crippen LogP contribution in [0.2, 0.25) is 5.02 Å². The molecule has 0 unspecified atom stereocenters. The fraction of sp³-hybridized carbons (Fsp3) is 0. The van der Waals surface area contributed by atoms with E-state index in [9.17, 15) is 0 Å². The molecular formula is C8H7ClN4O. The van der Waals surface area contributed by atoms with E-state index in [1.54, 1.807) is 18.2 Å². The summed E-state index contributed by atoms with van der Waals surface area (Å²) in [6.07, 6.45) is 0. The Balaban J connectivity index is 2.51. The molecule has 0 aliphatic heterocycles. The normalized spacial score (nSPS) is 10.4. The van der Waals surface area contributed by atoms with Gasteiger partial charge in [-0.05, 0) is 23.4 Å². The van der Waals surface area contributed by atoms with E-state index in [1.165, 1.54) is 0 Å². The Bertz CT molecular complexity index is 448. The predicted octanol–water partition coefficient (Wildman–Crippen LogP) is 1.55. The highest BCUT2D eigenvalue weighted by molar-refractivity contribution is 6.31. The number of hydrogen-bond donors (Lipinski definition) is 2. The molecule has 1 heterocycles. The van der Waals surface area contributed by atoms with Crippen molar-refractivity contribution in [3.8, 4) is 11.5 Å². The molecular weight excluding hydrogens is 204 g/mol. The van der Waals surface area contributed by atoms with Gasteiger partial charge in [-0.3, -0.25) is 0 Å². The number of benzene rings is 1. The van der Waals surface area contributed by atoms with Crippen LogP contribution in [-0.2, 0) is 0 Å². The zero-order valence-electron chi connectivity index (χ0n) is 7.07. The second-order valence-corrected chi connectivity index (χ2v) is 3.17. The van der Waals surface area contributed by atoms with Gasteiger partial charge in [0.25, 0.3) is 11.8 Å². The molecule has 0 amide bonds. The van der Waals surface area contributed by atoms with Gasteiger partial charge in [-0.2, -0.15) is 4.98 Å². The number of nitrogens with two attached hydrogens (primary N) is 2. The molecule has 0 saturated heterocycles. The Hall–Kier alpha value is -1.75. The topological polar surface area (TPSA) is 91.0 Å². The van der Waals surface area contributed by atoms with Gasteiger partial charge in [-0.15, -0.1) is 0 Å². The Morgan fingerprint density at radius 3 is 2.57 bits per heavy atom. The zero-order chi connectivity index (χ0) is 10.1. The SMILES string of the molecule is Nc1cc(Cl)cc(-c2nc(N)no2)c1. The van der Waals surface area contributed by atoms with E-state index in [-0.39, 0.29) is 5.95 Å². The quantitative estimate of drug-likeness (QED) is 0.697. The third-order valence-electron chi connectivity index (χ3n) is 1.61. The van der Waals surface area contributed by atoms with Crippen LogP contribution in [0.1, 0.15) is 0 Å². The highest BCUT2D eigenvalue weighted by Crippen LogP contribution is 2.24. The minimum absolute atomic E-state index is 0.0820. The van der Waals surface area contributed by atoms with Gasteiger partial charge in [-0.1, -0.05) is 11.6 Å². The third kappa shape index (κ3) is 1.62. The van der Waals surface area contributed by atoms with Crippen LogP contribution < -0.4 is 11.5 Å². The first-order chi connectivity index (χ1) is 6.65. The molecule has 0 spiro atoms. The summed E-state index contributed by atoms with van der Waals surface area (Å²) in [5.74, 6) is 0.384. The van der Waals surface area contributed by atoms with E-state index < -0.39 is 0 Å². The first kappa shape index (κ1) is 8.83. The lowest BCUT2D eigenvalue weighted by Gasteiger charge is -1.97. The van der Waals surface area contributed by atoms with Gasteiger partial charge in [0.1, 0.15) is 0 Å². The number of nitrogen functional groups attached to an aromatic ring is 2. The van der Waals surface area contributed by atoms with E-state index in [1.807, 2.05) is 0 Å². The van der Waals surface area contributed by atoms with E-state index in [2.05, 4.69) is 10.1 Å². The first-order valence-electron chi connectivity index (χ1n) is 3.81. The standard InChI is InChI=1S/C8H7ClN4O/c9-5-1-4(2-6(10)3-5)7-12-8(11)13-14-7/h1-3H,10H2,(H2,11,13). The number of halogens is 1. The Morgan fingerprint density at radius 1 is 1.21 bits per heavy atom. The lowest BCUT2D eigenvalue weighted by atomic mass is 10.2. The van der Waals surface area contributed by atoms with E-state index in [0.717, 1.165) is 0 Å².